The molecule has 4 heteroatoms. The van der Waals surface area contributed by atoms with Gasteiger partial charge in [0, 0.05) is 31.7 Å². The van der Waals surface area contributed by atoms with E-state index in [1.54, 1.807) is 11.1 Å². The van der Waals surface area contributed by atoms with E-state index >= 15 is 0 Å². The van der Waals surface area contributed by atoms with Crippen LogP contribution in [0.15, 0.2) is 66.1 Å². The van der Waals surface area contributed by atoms with Crippen molar-refractivity contribution in [1.29, 1.82) is 0 Å². The van der Waals surface area contributed by atoms with Gasteiger partial charge in [0.15, 0.2) is 5.75 Å². The highest BCUT2D eigenvalue weighted by Crippen LogP contribution is 2.41. The number of aryl methyl sites for hydroxylation is 3. The lowest BCUT2D eigenvalue weighted by atomic mass is 10.0. The highest BCUT2D eigenvalue weighted by molar-refractivity contribution is 7.18. The molecule has 3 nitrogen and oxygen atoms in total. The van der Waals surface area contributed by atoms with E-state index in [1.807, 2.05) is 11.3 Å². The van der Waals surface area contributed by atoms with Crippen LogP contribution in [0.25, 0.3) is 27.1 Å². The molecule has 0 bridgehead atoms. The first kappa shape index (κ1) is 25.2. The zero-order valence-corrected chi connectivity index (χ0v) is 23.9. The van der Waals surface area contributed by atoms with Gasteiger partial charge >= 0.3 is 0 Å². The molecule has 0 N–H and O–H groups in total. The maximum absolute atomic E-state index is 6.43. The highest BCUT2D eigenvalue weighted by atomic mass is 32.1. The number of aromatic nitrogens is 1. The van der Waals surface area contributed by atoms with E-state index in [1.165, 1.54) is 76.5 Å². The lowest BCUT2D eigenvalue weighted by Crippen LogP contribution is -2.34. The van der Waals surface area contributed by atoms with Gasteiger partial charge in [0.1, 0.15) is 11.2 Å². The number of thiazole rings is 1. The second-order valence-electron chi connectivity index (χ2n) is 10.9. The summed E-state index contributed by atoms with van der Waals surface area (Å²) in [5.74, 6) is 1.85. The predicted octanol–water partition coefficient (Wildman–Crippen LogP) is 8.96. The number of hydrogen-bond acceptors (Lipinski definition) is 3. The molecule has 196 valence electrons. The zero-order valence-electron chi connectivity index (χ0n) is 23.1. The molecule has 4 aromatic rings. The number of hydrogen-bond donors (Lipinski definition) is 0. The number of benzene rings is 3. The molecule has 0 unspecified atom stereocenters. The van der Waals surface area contributed by atoms with E-state index in [9.17, 15) is 0 Å². The van der Waals surface area contributed by atoms with Crippen molar-refractivity contribution in [3.05, 3.63) is 82.2 Å². The third kappa shape index (κ3) is 4.87. The van der Waals surface area contributed by atoms with Gasteiger partial charge in [0.25, 0.3) is 5.01 Å². The van der Waals surface area contributed by atoms with Gasteiger partial charge in [-0.05, 0) is 84.2 Å². The summed E-state index contributed by atoms with van der Waals surface area (Å²) in [7, 11) is 2.12. The number of rotatable bonds is 7. The van der Waals surface area contributed by atoms with Crippen LogP contribution in [0.1, 0.15) is 74.9 Å². The number of fused-ring (bicyclic) bond motifs is 4. The molecule has 2 heterocycles. The van der Waals surface area contributed by atoms with Crippen LogP contribution in [0.3, 0.4) is 0 Å². The zero-order chi connectivity index (χ0) is 26.1. The number of anilines is 1. The Kier molecular flexibility index (Phi) is 7.25. The molecular weight excluding hydrogens is 484 g/mol. The SMILES string of the molecule is CCCCC(=Cc1sc2cc3c(cc2[n+]1CCC)CCCCC3)C=C1Oc2cc3ccccc3cc2N1C. The molecule has 1 aliphatic carbocycles. The second kappa shape index (κ2) is 10.9. The van der Waals surface area contributed by atoms with Crippen molar-refractivity contribution in [2.75, 3.05) is 11.9 Å². The first-order valence-electron chi connectivity index (χ1n) is 14.5. The average Bonchev–Trinajstić information content (AvgIpc) is 3.28. The van der Waals surface area contributed by atoms with E-state index in [-0.39, 0.29) is 0 Å². The van der Waals surface area contributed by atoms with Crippen LogP contribution >= 0.6 is 11.3 Å². The van der Waals surface area contributed by atoms with Crippen LogP contribution < -0.4 is 14.2 Å². The summed E-state index contributed by atoms with van der Waals surface area (Å²) < 4.78 is 10.4. The lowest BCUT2D eigenvalue weighted by Gasteiger charge is -2.12. The van der Waals surface area contributed by atoms with Crippen LogP contribution in [-0.2, 0) is 19.4 Å². The van der Waals surface area contributed by atoms with Gasteiger partial charge in [-0.15, -0.1) is 0 Å². The van der Waals surface area contributed by atoms with Crippen LogP contribution in [0, 0.1) is 0 Å². The fourth-order valence-corrected chi connectivity index (χ4v) is 7.14. The number of allylic oxidation sites excluding steroid dienone is 2. The van der Waals surface area contributed by atoms with E-state index < -0.39 is 0 Å². The van der Waals surface area contributed by atoms with Crippen molar-refractivity contribution >= 4 is 44.1 Å². The Bertz CT molecular complexity index is 1540. The molecule has 0 fully saturated rings. The predicted molar refractivity (Wildman–Crippen MR) is 162 cm³/mol. The number of nitrogens with zero attached hydrogens (tertiary/aromatic N) is 2. The molecule has 6 rings (SSSR count). The summed E-state index contributed by atoms with van der Waals surface area (Å²) in [6.07, 6.45) is 15.7. The van der Waals surface area contributed by atoms with E-state index in [0.29, 0.717) is 0 Å². The Morgan fingerprint density at radius 1 is 0.974 bits per heavy atom. The first-order chi connectivity index (χ1) is 18.6. The number of unbranched alkanes of at least 4 members (excludes halogenated alkanes) is 1. The maximum Gasteiger partial charge on any atom is 0.263 e. The van der Waals surface area contributed by atoms with E-state index in [4.69, 9.17) is 4.74 Å². The van der Waals surface area contributed by atoms with Gasteiger partial charge in [-0.25, -0.2) is 0 Å². The van der Waals surface area contributed by atoms with Crippen molar-refractivity contribution in [3.63, 3.8) is 0 Å². The standard InChI is InChI=1S/C34H39N2OS/c1-4-6-12-24(18-33-35(3)29-20-25-15-10-11-16-27(25)22-31(29)37-33)19-34-36(17-5-2)30-21-26-13-8-7-9-14-28(26)23-32(30)38-34/h10-11,15-16,18-23H,4-9,12-14,17H2,1-3H3/q+1. The van der Waals surface area contributed by atoms with Crippen molar-refractivity contribution in [1.82, 2.24) is 0 Å². The third-order valence-corrected chi connectivity index (χ3v) is 9.16. The summed E-state index contributed by atoms with van der Waals surface area (Å²) in [4.78, 5) is 2.20. The van der Waals surface area contributed by atoms with Gasteiger partial charge in [-0.1, -0.05) is 62.3 Å². The molecule has 3 aromatic carbocycles. The largest absolute Gasteiger partial charge is 0.439 e. The molecule has 1 aliphatic heterocycles. The lowest BCUT2D eigenvalue weighted by molar-refractivity contribution is -0.668. The topological polar surface area (TPSA) is 16.4 Å². The molecule has 0 saturated carbocycles. The van der Waals surface area contributed by atoms with E-state index in [2.05, 4.69) is 91.0 Å². The smallest absolute Gasteiger partial charge is 0.263 e. The van der Waals surface area contributed by atoms with Gasteiger partial charge < -0.3 is 9.64 Å². The third-order valence-electron chi connectivity index (χ3n) is 8.06. The van der Waals surface area contributed by atoms with Crippen LogP contribution in [0.2, 0.25) is 0 Å². The summed E-state index contributed by atoms with van der Waals surface area (Å²) in [5, 5.41) is 3.81. The molecule has 38 heavy (non-hydrogen) atoms. The summed E-state index contributed by atoms with van der Waals surface area (Å²) in [5.41, 5.74) is 7.04. The Morgan fingerprint density at radius 2 is 1.74 bits per heavy atom. The summed E-state index contributed by atoms with van der Waals surface area (Å²) in [6, 6.07) is 17.9. The van der Waals surface area contributed by atoms with Crippen LogP contribution in [0.4, 0.5) is 5.69 Å². The Hall–Kier alpha value is -3.11. The number of ether oxygens (including phenoxy) is 1. The molecule has 2 aliphatic rings. The molecule has 1 aromatic heterocycles. The highest BCUT2D eigenvalue weighted by Gasteiger charge is 2.25. The van der Waals surface area contributed by atoms with Crippen molar-refractivity contribution in [2.45, 2.75) is 78.2 Å². The first-order valence-corrected chi connectivity index (χ1v) is 15.3. The minimum Gasteiger partial charge on any atom is -0.439 e. The van der Waals surface area contributed by atoms with Crippen molar-refractivity contribution < 1.29 is 9.30 Å². The average molecular weight is 524 g/mol. The Balaban J connectivity index is 1.40. The quantitative estimate of drug-likeness (QED) is 0.178. The fraction of sp³-hybridized carbons (Fsp3) is 0.382. The van der Waals surface area contributed by atoms with Gasteiger partial charge in [-0.2, -0.15) is 4.57 Å². The molecule has 0 saturated heterocycles. The Labute approximate surface area is 231 Å². The van der Waals surface area contributed by atoms with E-state index in [0.717, 1.165) is 36.7 Å². The monoisotopic (exact) mass is 523 g/mol. The molecule has 0 spiro atoms. The maximum atomic E-state index is 6.43. The molecular formula is C34H39N2OS+. The van der Waals surface area contributed by atoms with Gasteiger partial charge in [0.05, 0.1) is 5.69 Å². The summed E-state index contributed by atoms with van der Waals surface area (Å²) >= 11 is 1.96. The normalized spacial score (nSPS) is 16.7. The van der Waals surface area contributed by atoms with Gasteiger partial charge in [-0.3, -0.25) is 0 Å². The van der Waals surface area contributed by atoms with Gasteiger partial charge in [0.2, 0.25) is 11.4 Å². The van der Waals surface area contributed by atoms with Crippen molar-refractivity contribution in [2.24, 2.45) is 0 Å². The minimum absolute atomic E-state index is 0.910. The molecule has 0 atom stereocenters. The Morgan fingerprint density at radius 3 is 2.50 bits per heavy atom. The second-order valence-corrected chi connectivity index (χ2v) is 11.9. The van der Waals surface area contributed by atoms with Crippen LogP contribution in [-0.4, -0.2) is 7.05 Å². The van der Waals surface area contributed by atoms with Crippen LogP contribution in [0.5, 0.6) is 5.75 Å². The summed E-state index contributed by atoms with van der Waals surface area (Å²) in [6.45, 7) is 5.61. The van der Waals surface area contributed by atoms with Crippen molar-refractivity contribution in [3.8, 4) is 5.75 Å². The minimum atomic E-state index is 0.910. The molecule has 0 amide bonds. The molecule has 0 radical (unpaired) electrons. The fourth-order valence-electron chi connectivity index (χ4n) is 5.93.